The van der Waals surface area contributed by atoms with Gasteiger partial charge in [-0.25, -0.2) is 4.98 Å². The van der Waals surface area contributed by atoms with Crippen molar-refractivity contribution in [3.63, 3.8) is 0 Å². The van der Waals surface area contributed by atoms with Gasteiger partial charge in [0.25, 0.3) is 11.5 Å². The number of carbonyl (C=O) groups excluding carboxylic acids is 1. The number of carbonyl (C=O) groups is 1. The standard InChI is InChI=1S/C21H22ClN3O2S/c1-21(2,3)12-8-9-16-17(10-12)28-20-23-11-15(19(27)25(16)20)24-18(26)13-6-4-5-7-14(13)22/h4-7,11-12H,8-10H2,1-3H3,(H,24,26)/t12-/m0/s1. The molecular weight excluding hydrogens is 394 g/mol. The second kappa shape index (κ2) is 7.01. The van der Waals surface area contributed by atoms with E-state index in [4.69, 9.17) is 11.6 Å². The zero-order valence-corrected chi connectivity index (χ0v) is 17.7. The normalized spacial score (nSPS) is 16.8. The number of hydrogen-bond acceptors (Lipinski definition) is 4. The van der Waals surface area contributed by atoms with Crippen molar-refractivity contribution in [1.82, 2.24) is 9.38 Å². The summed E-state index contributed by atoms with van der Waals surface area (Å²) in [6, 6.07) is 6.76. The maximum atomic E-state index is 13.1. The van der Waals surface area contributed by atoms with Crippen molar-refractivity contribution in [3.05, 3.63) is 62.0 Å². The average Bonchev–Trinajstić information content (AvgIpc) is 3.02. The Hall–Kier alpha value is -2.18. The van der Waals surface area contributed by atoms with E-state index in [-0.39, 0.29) is 16.7 Å². The molecule has 1 aliphatic carbocycles. The van der Waals surface area contributed by atoms with E-state index >= 15 is 0 Å². The second-order valence-corrected chi connectivity index (χ2v) is 9.78. The fourth-order valence-corrected chi connectivity index (χ4v) is 5.18. The number of amides is 1. The fraction of sp³-hybridized carbons (Fsp3) is 0.381. The molecule has 3 aromatic rings. The minimum absolute atomic E-state index is 0.168. The number of nitrogens with one attached hydrogen (secondary N) is 1. The molecular formula is C21H22ClN3O2S. The summed E-state index contributed by atoms with van der Waals surface area (Å²) in [5, 5.41) is 3.02. The zero-order valence-electron chi connectivity index (χ0n) is 16.1. The van der Waals surface area contributed by atoms with Crippen LogP contribution in [0.1, 0.15) is 48.1 Å². The summed E-state index contributed by atoms with van der Waals surface area (Å²) in [6.45, 7) is 6.80. The van der Waals surface area contributed by atoms with Gasteiger partial charge < -0.3 is 5.32 Å². The summed E-state index contributed by atoms with van der Waals surface area (Å²) in [6.07, 6.45) is 4.30. The smallest absolute Gasteiger partial charge is 0.282 e. The van der Waals surface area contributed by atoms with Gasteiger partial charge in [-0.3, -0.25) is 14.0 Å². The van der Waals surface area contributed by atoms with Gasteiger partial charge in [0.15, 0.2) is 4.96 Å². The van der Waals surface area contributed by atoms with Gasteiger partial charge >= 0.3 is 0 Å². The Balaban J connectivity index is 1.70. The molecule has 0 fully saturated rings. The number of halogens is 1. The lowest BCUT2D eigenvalue weighted by Crippen LogP contribution is -2.28. The number of thiazole rings is 1. The molecule has 0 bridgehead atoms. The summed E-state index contributed by atoms with van der Waals surface area (Å²) >= 11 is 7.67. The molecule has 2 aromatic heterocycles. The van der Waals surface area contributed by atoms with Gasteiger partial charge in [-0.05, 0) is 42.7 Å². The Morgan fingerprint density at radius 1 is 1.32 bits per heavy atom. The molecule has 1 N–H and O–H groups in total. The van der Waals surface area contributed by atoms with Crippen molar-refractivity contribution in [2.24, 2.45) is 11.3 Å². The van der Waals surface area contributed by atoms with E-state index in [2.05, 4.69) is 31.1 Å². The Labute approximate surface area is 172 Å². The summed E-state index contributed by atoms with van der Waals surface area (Å²) in [4.78, 5) is 32.0. The molecule has 1 aliphatic rings. The number of fused-ring (bicyclic) bond motifs is 3. The number of rotatable bonds is 2. The molecule has 1 amide bonds. The van der Waals surface area contributed by atoms with E-state index in [1.807, 2.05) is 0 Å². The molecule has 0 spiro atoms. The number of nitrogens with zero attached hydrogens (tertiary/aromatic N) is 2. The van der Waals surface area contributed by atoms with Gasteiger partial charge in [0.05, 0.1) is 16.8 Å². The third-order valence-corrected chi connectivity index (χ3v) is 6.94. The maximum Gasteiger partial charge on any atom is 0.282 e. The van der Waals surface area contributed by atoms with Crippen LogP contribution >= 0.6 is 22.9 Å². The van der Waals surface area contributed by atoms with Gasteiger partial charge in [-0.1, -0.05) is 44.5 Å². The van der Waals surface area contributed by atoms with Crippen LogP contribution in [0.15, 0.2) is 35.3 Å². The van der Waals surface area contributed by atoms with Crippen LogP contribution in [0.25, 0.3) is 4.96 Å². The van der Waals surface area contributed by atoms with E-state index in [9.17, 15) is 9.59 Å². The van der Waals surface area contributed by atoms with Crippen LogP contribution in [-0.2, 0) is 12.8 Å². The van der Waals surface area contributed by atoms with E-state index in [0.29, 0.717) is 21.5 Å². The summed E-state index contributed by atoms with van der Waals surface area (Å²) in [5.74, 6) is 0.171. The van der Waals surface area contributed by atoms with Gasteiger partial charge in [-0.2, -0.15) is 0 Å². The predicted octanol–water partition coefficient (Wildman–Crippen LogP) is 4.81. The lowest BCUT2D eigenvalue weighted by atomic mass is 9.73. The zero-order chi connectivity index (χ0) is 20.1. The molecule has 2 heterocycles. The fourth-order valence-electron chi connectivity index (χ4n) is 3.75. The highest BCUT2D eigenvalue weighted by molar-refractivity contribution is 7.17. The quantitative estimate of drug-likeness (QED) is 0.653. The number of hydrogen-bond donors (Lipinski definition) is 1. The van der Waals surface area contributed by atoms with Crippen molar-refractivity contribution < 1.29 is 4.79 Å². The SMILES string of the molecule is CC(C)(C)[C@H]1CCc2c(sc3ncc(NC(=O)c4ccccc4Cl)c(=O)n23)C1. The Morgan fingerprint density at radius 3 is 2.79 bits per heavy atom. The van der Waals surface area contributed by atoms with Crippen molar-refractivity contribution in [2.75, 3.05) is 5.32 Å². The molecule has 0 radical (unpaired) electrons. The molecule has 1 atom stereocenters. The van der Waals surface area contributed by atoms with E-state index in [0.717, 1.165) is 25.0 Å². The molecule has 0 unspecified atom stereocenters. The van der Waals surface area contributed by atoms with Crippen LogP contribution in [0.2, 0.25) is 5.02 Å². The molecule has 4 rings (SSSR count). The molecule has 5 nitrogen and oxygen atoms in total. The number of anilines is 1. The van der Waals surface area contributed by atoms with Gasteiger partial charge in [-0.15, -0.1) is 11.3 Å². The Kier molecular flexibility index (Phi) is 4.79. The second-order valence-electron chi connectivity index (χ2n) is 8.31. The van der Waals surface area contributed by atoms with Crippen molar-refractivity contribution in [1.29, 1.82) is 0 Å². The van der Waals surface area contributed by atoms with Crippen LogP contribution in [0, 0.1) is 11.3 Å². The average molecular weight is 416 g/mol. The maximum absolute atomic E-state index is 13.1. The Morgan fingerprint density at radius 2 is 2.07 bits per heavy atom. The lowest BCUT2D eigenvalue weighted by Gasteiger charge is -2.33. The third-order valence-electron chi connectivity index (χ3n) is 5.49. The highest BCUT2D eigenvalue weighted by atomic mass is 35.5. The largest absolute Gasteiger partial charge is 0.316 e. The molecule has 7 heteroatoms. The van der Waals surface area contributed by atoms with Crippen molar-refractivity contribution >= 4 is 39.5 Å². The molecule has 1 aromatic carbocycles. The van der Waals surface area contributed by atoms with Gasteiger partial charge in [0.1, 0.15) is 5.69 Å². The summed E-state index contributed by atoms with van der Waals surface area (Å²) in [5.41, 5.74) is 1.53. The number of aryl methyl sites for hydroxylation is 1. The molecule has 0 aliphatic heterocycles. The van der Waals surface area contributed by atoms with Crippen LogP contribution in [-0.4, -0.2) is 15.3 Å². The van der Waals surface area contributed by atoms with Crippen molar-refractivity contribution in [3.8, 4) is 0 Å². The first-order chi connectivity index (χ1) is 13.3. The highest BCUT2D eigenvalue weighted by Crippen LogP contribution is 2.39. The first-order valence-corrected chi connectivity index (χ1v) is 10.5. The van der Waals surface area contributed by atoms with E-state index < -0.39 is 5.91 Å². The number of aromatic nitrogens is 2. The molecule has 0 saturated heterocycles. The summed E-state index contributed by atoms with van der Waals surface area (Å²) < 4.78 is 1.67. The molecule has 146 valence electrons. The first-order valence-electron chi connectivity index (χ1n) is 9.34. The van der Waals surface area contributed by atoms with Crippen molar-refractivity contribution in [2.45, 2.75) is 40.0 Å². The monoisotopic (exact) mass is 415 g/mol. The summed E-state index contributed by atoms with van der Waals surface area (Å²) in [7, 11) is 0. The lowest BCUT2D eigenvalue weighted by molar-refractivity contribution is 0.102. The minimum Gasteiger partial charge on any atom is -0.316 e. The predicted molar refractivity (Wildman–Crippen MR) is 114 cm³/mol. The molecule has 28 heavy (non-hydrogen) atoms. The van der Waals surface area contributed by atoms with Crippen LogP contribution in [0.5, 0.6) is 0 Å². The third kappa shape index (κ3) is 3.35. The highest BCUT2D eigenvalue weighted by Gasteiger charge is 2.31. The topological polar surface area (TPSA) is 63.5 Å². The molecule has 0 saturated carbocycles. The van der Waals surface area contributed by atoms with Gasteiger partial charge in [0.2, 0.25) is 0 Å². The van der Waals surface area contributed by atoms with E-state index in [1.54, 1.807) is 40.0 Å². The van der Waals surface area contributed by atoms with Crippen LogP contribution < -0.4 is 10.9 Å². The van der Waals surface area contributed by atoms with Crippen LogP contribution in [0.3, 0.4) is 0 Å². The van der Waals surface area contributed by atoms with E-state index in [1.165, 1.54) is 11.1 Å². The van der Waals surface area contributed by atoms with Gasteiger partial charge in [0, 0.05) is 10.6 Å². The first kappa shape index (κ1) is 19.2. The van der Waals surface area contributed by atoms with Crippen LogP contribution in [0.4, 0.5) is 5.69 Å². The Bertz CT molecular complexity index is 1130. The minimum atomic E-state index is -0.415. The number of benzene rings is 1.